The van der Waals surface area contributed by atoms with Gasteiger partial charge in [0.1, 0.15) is 11.2 Å². The van der Waals surface area contributed by atoms with Gasteiger partial charge in [0.05, 0.1) is 5.39 Å². The summed E-state index contributed by atoms with van der Waals surface area (Å²) < 4.78 is 12.2. The largest absolute Gasteiger partial charge is 0.422 e. The Labute approximate surface area is 174 Å². The van der Waals surface area contributed by atoms with Crippen molar-refractivity contribution >= 4 is 21.7 Å². The number of hydrogen-bond donors (Lipinski definition) is 0. The van der Waals surface area contributed by atoms with Crippen LogP contribution in [0.1, 0.15) is 16.7 Å². The predicted octanol–water partition coefficient (Wildman–Crippen LogP) is 5.88. The van der Waals surface area contributed by atoms with Crippen molar-refractivity contribution < 1.29 is 9.15 Å². The van der Waals surface area contributed by atoms with Crippen LogP contribution in [0.15, 0.2) is 112 Å². The summed E-state index contributed by atoms with van der Waals surface area (Å²) in [6.07, 6.45) is 0. The molecule has 0 amide bonds. The fraction of sp³-hybridized carbons (Fsp3) is 0.0741. The van der Waals surface area contributed by atoms with E-state index in [4.69, 9.17) is 9.15 Å². The lowest BCUT2D eigenvalue weighted by Crippen LogP contribution is -2.32. The van der Waals surface area contributed by atoms with Crippen LogP contribution in [0.3, 0.4) is 0 Å². The van der Waals surface area contributed by atoms with E-state index in [2.05, 4.69) is 0 Å². The number of rotatable bonds is 4. The maximum absolute atomic E-state index is 12.8. The third-order valence-electron chi connectivity index (χ3n) is 5.69. The summed E-state index contributed by atoms with van der Waals surface area (Å²) in [5.74, 6) is 0. The van der Waals surface area contributed by atoms with Crippen LogP contribution in [0.2, 0.25) is 0 Å². The Morgan fingerprint density at radius 3 is 1.77 bits per heavy atom. The molecule has 0 aliphatic carbocycles. The van der Waals surface area contributed by atoms with Crippen LogP contribution in [0.4, 0.5) is 0 Å². The van der Waals surface area contributed by atoms with Crippen LogP contribution >= 0.6 is 0 Å². The molecule has 1 heterocycles. The lowest BCUT2D eigenvalue weighted by Gasteiger charge is -2.34. The van der Waals surface area contributed by atoms with Gasteiger partial charge in [0, 0.05) is 18.1 Å². The van der Waals surface area contributed by atoms with Gasteiger partial charge in [-0.25, -0.2) is 4.79 Å². The van der Waals surface area contributed by atoms with E-state index in [-0.39, 0.29) is 5.63 Å². The van der Waals surface area contributed by atoms with E-state index in [9.17, 15) is 4.79 Å². The van der Waals surface area contributed by atoms with Gasteiger partial charge in [-0.15, -0.1) is 0 Å². The number of methoxy groups -OCH3 is 1. The molecule has 0 atom stereocenters. The topological polar surface area (TPSA) is 39.4 Å². The molecule has 0 unspecified atom stereocenters. The number of para-hydroxylation sites is 1. The molecule has 0 spiro atoms. The molecule has 5 aromatic rings. The number of fused-ring (bicyclic) bond motifs is 3. The normalized spacial score (nSPS) is 11.8. The number of hydrogen-bond acceptors (Lipinski definition) is 3. The van der Waals surface area contributed by atoms with E-state index in [0.717, 1.165) is 27.5 Å². The summed E-state index contributed by atoms with van der Waals surface area (Å²) in [4.78, 5) is 12.8. The molecule has 0 N–H and O–H groups in total. The molecule has 5 rings (SSSR count). The minimum Gasteiger partial charge on any atom is -0.422 e. The van der Waals surface area contributed by atoms with Gasteiger partial charge in [0.15, 0.2) is 0 Å². The monoisotopic (exact) mass is 392 g/mol. The van der Waals surface area contributed by atoms with Gasteiger partial charge >= 0.3 is 5.63 Å². The van der Waals surface area contributed by atoms with Gasteiger partial charge in [0.2, 0.25) is 0 Å². The Balaban J connectivity index is 1.95. The molecule has 4 aromatic carbocycles. The smallest absolute Gasteiger partial charge is 0.344 e. The third kappa shape index (κ3) is 2.67. The minimum atomic E-state index is -0.930. The second-order valence-electron chi connectivity index (χ2n) is 7.23. The zero-order valence-corrected chi connectivity index (χ0v) is 16.5. The fourth-order valence-corrected chi connectivity index (χ4v) is 4.35. The first-order valence-electron chi connectivity index (χ1n) is 9.87. The SMILES string of the molecule is COC(c1ccccc1)(c1ccccc1)c1cccc2c1oc(=O)c1ccccc12. The quantitative estimate of drug-likeness (QED) is 0.218. The van der Waals surface area contributed by atoms with Crippen LogP contribution in [0.25, 0.3) is 21.7 Å². The molecule has 3 nitrogen and oxygen atoms in total. The van der Waals surface area contributed by atoms with Crippen molar-refractivity contribution in [3.05, 3.63) is 130 Å². The minimum absolute atomic E-state index is 0.350. The highest BCUT2D eigenvalue weighted by atomic mass is 16.5. The summed E-state index contributed by atoms with van der Waals surface area (Å²) in [5.41, 5.74) is 1.97. The second kappa shape index (κ2) is 7.29. The van der Waals surface area contributed by atoms with Gasteiger partial charge in [-0.1, -0.05) is 97.1 Å². The molecule has 3 heteroatoms. The molecule has 0 radical (unpaired) electrons. The Morgan fingerprint density at radius 1 is 0.633 bits per heavy atom. The van der Waals surface area contributed by atoms with Crippen molar-refractivity contribution in [3.8, 4) is 0 Å². The first-order chi connectivity index (χ1) is 14.8. The standard InChI is InChI=1S/C27H20O3/c1-29-27(19-11-4-2-5-12-19,20-13-6-3-7-14-20)24-18-10-17-22-21-15-8-9-16-23(21)26(28)30-25(22)24/h2-18H,1H3. The molecule has 30 heavy (non-hydrogen) atoms. The highest BCUT2D eigenvalue weighted by Crippen LogP contribution is 2.43. The molecule has 0 saturated heterocycles. The number of ether oxygens (including phenoxy) is 1. The van der Waals surface area contributed by atoms with E-state index in [1.807, 2.05) is 97.1 Å². The average molecular weight is 392 g/mol. The molecule has 146 valence electrons. The molecule has 1 aromatic heterocycles. The lowest BCUT2D eigenvalue weighted by molar-refractivity contribution is 0.0589. The maximum Gasteiger partial charge on any atom is 0.344 e. The van der Waals surface area contributed by atoms with Crippen molar-refractivity contribution in [3.63, 3.8) is 0 Å². The van der Waals surface area contributed by atoms with Crippen LogP contribution in [0, 0.1) is 0 Å². The molecule has 0 aliphatic heterocycles. The highest BCUT2D eigenvalue weighted by molar-refractivity contribution is 6.05. The molecule has 0 saturated carbocycles. The predicted molar refractivity (Wildman–Crippen MR) is 120 cm³/mol. The third-order valence-corrected chi connectivity index (χ3v) is 5.69. The van der Waals surface area contributed by atoms with Crippen molar-refractivity contribution in [1.82, 2.24) is 0 Å². The zero-order chi connectivity index (χ0) is 20.6. The molecule has 0 fully saturated rings. The van der Waals surface area contributed by atoms with Gasteiger partial charge in [-0.2, -0.15) is 0 Å². The summed E-state index contributed by atoms with van der Waals surface area (Å²) in [6.45, 7) is 0. The van der Waals surface area contributed by atoms with E-state index >= 15 is 0 Å². The first-order valence-corrected chi connectivity index (χ1v) is 9.87. The van der Waals surface area contributed by atoms with Gasteiger partial charge < -0.3 is 9.15 Å². The average Bonchev–Trinajstić information content (AvgIpc) is 2.82. The van der Waals surface area contributed by atoms with Crippen molar-refractivity contribution in [2.75, 3.05) is 7.11 Å². The summed E-state index contributed by atoms with van der Waals surface area (Å²) in [7, 11) is 1.69. The van der Waals surface area contributed by atoms with Gasteiger partial charge in [0.25, 0.3) is 0 Å². The van der Waals surface area contributed by atoms with Gasteiger partial charge in [-0.05, 0) is 22.6 Å². The number of benzene rings is 4. The molecule has 0 aliphatic rings. The summed E-state index contributed by atoms with van der Waals surface area (Å²) >= 11 is 0. The van der Waals surface area contributed by atoms with Gasteiger partial charge in [-0.3, -0.25) is 0 Å². The zero-order valence-electron chi connectivity index (χ0n) is 16.5. The van der Waals surface area contributed by atoms with Crippen molar-refractivity contribution in [2.45, 2.75) is 5.60 Å². The van der Waals surface area contributed by atoms with Crippen LogP contribution in [-0.2, 0) is 10.3 Å². The Bertz CT molecular complexity index is 1350. The Kier molecular flexibility index (Phi) is 4.46. The fourth-order valence-electron chi connectivity index (χ4n) is 4.35. The van der Waals surface area contributed by atoms with E-state index in [0.29, 0.717) is 11.0 Å². The summed E-state index contributed by atoms with van der Waals surface area (Å²) in [5, 5.41) is 2.33. The van der Waals surface area contributed by atoms with E-state index < -0.39 is 5.60 Å². The van der Waals surface area contributed by atoms with Crippen LogP contribution in [0.5, 0.6) is 0 Å². The van der Waals surface area contributed by atoms with Crippen LogP contribution < -0.4 is 5.63 Å². The van der Waals surface area contributed by atoms with E-state index in [1.165, 1.54) is 0 Å². The van der Waals surface area contributed by atoms with Crippen LogP contribution in [-0.4, -0.2) is 7.11 Å². The maximum atomic E-state index is 12.8. The Morgan fingerprint density at radius 2 is 1.17 bits per heavy atom. The van der Waals surface area contributed by atoms with E-state index in [1.54, 1.807) is 13.2 Å². The second-order valence-corrected chi connectivity index (χ2v) is 7.23. The molecule has 0 bridgehead atoms. The first kappa shape index (κ1) is 18.3. The van der Waals surface area contributed by atoms with Crippen molar-refractivity contribution in [2.24, 2.45) is 0 Å². The molecular weight excluding hydrogens is 372 g/mol. The molecular formula is C27H20O3. The lowest BCUT2D eigenvalue weighted by atomic mass is 9.79. The highest BCUT2D eigenvalue weighted by Gasteiger charge is 2.39. The summed E-state index contributed by atoms with van der Waals surface area (Å²) in [6, 6.07) is 33.5. The van der Waals surface area contributed by atoms with Crippen molar-refractivity contribution in [1.29, 1.82) is 0 Å². The Hall–Kier alpha value is -3.69.